The number of benzene rings is 3. The van der Waals surface area contributed by atoms with Crippen molar-refractivity contribution in [2.24, 2.45) is 0 Å². The number of phenolic OH excluding ortho intramolecular Hbond substituents is 1. The van der Waals surface area contributed by atoms with Crippen molar-refractivity contribution in [3.63, 3.8) is 0 Å². The fourth-order valence-electron chi connectivity index (χ4n) is 3.88. The van der Waals surface area contributed by atoms with Gasteiger partial charge in [0.15, 0.2) is 28.7 Å². The first-order valence-electron chi connectivity index (χ1n) is 8.75. The first kappa shape index (κ1) is 20.7. The third-order valence-corrected chi connectivity index (χ3v) is 5.97. The number of esters is 1. The van der Waals surface area contributed by atoms with Gasteiger partial charge in [-0.05, 0) is 24.3 Å². The van der Waals surface area contributed by atoms with Crippen molar-refractivity contribution in [3.8, 4) is 23.0 Å². The number of carbonyl (C=O) groups excluding carboxylic acids is 1. The lowest BCUT2D eigenvalue weighted by molar-refractivity contribution is 0.0221. The molecule has 2 aliphatic heterocycles. The molecule has 0 aromatic heterocycles. The number of phenols is 1. The van der Waals surface area contributed by atoms with Crippen LogP contribution in [0.1, 0.15) is 27.0 Å². The molecule has 1 unspecified atom stereocenters. The van der Waals surface area contributed by atoms with E-state index in [1.54, 1.807) is 6.07 Å². The molecular formula is C20H9BrF2O8S. The van der Waals surface area contributed by atoms with Crippen LogP contribution in [-0.4, -0.2) is 24.0 Å². The largest absolute Gasteiger partial charge is 0.505 e. The molecule has 0 amide bonds. The number of ether oxygens (including phenoxy) is 2. The van der Waals surface area contributed by atoms with Gasteiger partial charge in [-0.15, -0.1) is 0 Å². The second-order valence-corrected chi connectivity index (χ2v) is 8.89. The summed E-state index contributed by atoms with van der Waals surface area (Å²) in [5.74, 6) is -5.06. The van der Waals surface area contributed by atoms with Crippen LogP contribution in [0, 0.1) is 11.6 Å². The van der Waals surface area contributed by atoms with Gasteiger partial charge in [-0.2, -0.15) is 8.42 Å². The Balaban J connectivity index is 1.86. The standard InChI is InChI=1S/C20H9BrF2O8S/c21-8-1-2-10-9(3-8)19(25)30-20(10)11-4-13(22)15(24)6-16(11)29-17-7-18(31-32(26,27)28)14(23)5-12(17)20/h1-7,24H,(H,26,27,28). The lowest BCUT2D eigenvalue weighted by Crippen LogP contribution is -2.33. The summed E-state index contributed by atoms with van der Waals surface area (Å²) in [5, 5.41) is 9.82. The molecule has 0 fully saturated rings. The van der Waals surface area contributed by atoms with Crippen molar-refractivity contribution < 1.29 is 45.3 Å². The monoisotopic (exact) mass is 526 g/mol. The summed E-state index contributed by atoms with van der Waals surface area (Å²) in [6.07, 6.45) is 0. The van der Waals surface area contributed by atoms with Gasteiger partial charge >= 0.3 is 16.4 Å². The highest BCUT2D eigenvalue weighted by atomic mass is 79.9. The Morgan fingerprint density at radius 2 is 1.62 bits per heavy atom. The SMILES string of the molecule is O=C1OC2(c3cc(F)c(O)cc3Oc3cc(OS(=O)(=O)O)c(F)cc32)c2ccc(Br)cc21. The summed E-state index contributed by atoms with van der Waals surface area (Å²) in [6.45, 7) is 0. The number of hydrogen-bond donors (Lipinski definition) is 2. The minimum absolute atomic E-state index is 0.0300. The average Bonchev–Trinajstić information content (AvgIpc) is 2.97. The second-order valence-electron chi connectivity index (χ2n) is 6.95. The summed E-state index contributed by atoms with van der Waals surface area (Å²) in [7, 11) is -5.06. The Bertz CT molecular complexity index is 1460. The minimum Gasteiger partial charge on any atom is -0.505 e. The van der Waals surface area contributed by atoms with E-state index in [1.165, 1.54) is 12.1 Å². The number of rotatable bonds is 2. The molecule has 8 nitrogen and oxygen atoms in total. The summed E-state index contributed by atoms with van der Waals surface area (Å²) >= 11 is 3.26. The smallest absolute Gasteiger partial charge is 0.446 e. The number of halogens is 3. The molecule has 0 radical (unpaired) electrons. The molecule has 12 heteroatoms. The zero-order valence-electron chi connectivity index (χ0n) is 15.4. The van der Waals surface area contributed by atoms with E-state index in [0.29, 0.717) is 4.47 Å². The van der Waals surface area contributed by atoms with E-state index in [0.717, 1.165) is 24.3 Å². The number of aromatic hydroxyl groups is 1. The molecule has 0 bridgehead atoms. The van der Waals surface area contributed by atoms with Crippen LogP contribution in [0.3, 0.4) is 0 Å². The highest BCUT2D eigenvalue weighted by Crippen LogP contribution is 2.57. The Morgan fingerprint density at radius 3 is 2.31 bits per heavy atom. The van der Waals surface area contributed by atoms with Crippen molar-refractivity contribution in [2.75, 3.05) is 0 Å². The van der Waals surface area contributed by atoms with Crippen molar-refractivity contribution in [3.05, 3.63) is 80.8 Å². The first-order chi connectivity index (χ1) is 15.0. The molecule has 3 aromatic rings. The first-order valence-corrected chi connectivity index (χ1v) is 10.9. The quantitative estimate of drug-likeness (QED) is 0.377. The number of fused-ring (bicyclic) bond motifs is 6. The van der Waals surface area contributed by atoms with Gasteiger partial charge in [0.1, 0.15) is 11.5 Å². The van der Waals surface area contributed by atoms with Crippen LogP contribution in [0.2, 0.25) is 0 Å². The van der Waals surface area contributed by atoms with Crippen LogP contribution in [-0.2, 0) is 20.7 Å². The molecule has 0 saturated carbocycles. The molecule has 164 valence electrons. The van der Waals surface area contributed by atoms with Crippen LogP contribution < -0.4 is 8.92 Å². The Kier molecular flexibility index (Phi) is 4.29. The van der Waals surface area contributed by atoms with Gasteiger partial charge < -0.3 is 18.8 Å². The van der Waals surface area contributed by atoms with Crippen LogP contribution in [0.15, 0.2) is 46.9 Å². The van der Waals surface area contributed by atoms with Crippen molar-refractivity contribution in [1.82, 2.24) is 0 Å². The second kappa shape index (κ2) is 6.64. The molecule has 1 spiro atoms. The Labute approximate surface area is 187 Å². The van der Waals surface area contributed by atoms with E-state index in [1.807, 2.05) is 0 Å². The van der Waals surface area contributed by atoms with Gasteiger partial charge in [-0.25, -0.2) is 13.6 Å². The Hall–Kier alpha value is -3.22. The van der Waals surface area contributed by atoms with E-state index < -0.39 is 45.1 Å². The Morgan fingerprint density at radius 1 is 0.969 bits per heavy atom. The highest BCUT2D eigenvalue weighted by Gasteiger charge is 2.54. The molecule has 0 saturated heterocycles. The average molecular weight is 527 g/mol. The van der Waals surface area contributed by atoms with Crippen LogP contribution >= 0.6 is 15.9 Å². The van der Waals surface area contributed by atoms with Crippen molar-refractivity contribution in [1.29, 1.82) is 0 Å². The zero-order chi connectivity index (χ0) is 23.0. The maximum atomic E-state index is 14.8. The topological polar surface area (TPSA) is 119 Å². The third-order valence-electron chi connectivity index (χ3n) is 5.08. The van der Waals surface area contributed by atoms with Gasteiger partial charge in [0.05, 0.1) is 16.7 Å². The fourth-order valence-corrected chi connectivity index (χ4v) is 4.59. The molecular weight excluding hydrogens is 518 g/mol. The lowest BCUT2D eigenvalue weighted by Gasteiger charge is -2.36. The van der Waals surface area contributed by atoms with Crippen LogP contribution in [0.4, 0.5) is 8.78 Å². The molecule has 5 rings (SSSR count). The summed E-state index contributed by atoms with van der Waals surface area (Å²) in [6, 6.07) is 8.06. The van der Waals surface area contributed by atoms with E-state index in [-0.39, 0.29) is 33.8 Å². The molecule has 2 aliphatic rings. The lowest BCUT2D eigenvalue weighted by atomic mass is 9.77. The third kappa shape index (κ3) is 2.94. The number of carbonyl (C=O) groups is 1. The molecule has 3 aromatic carbocycles. The van der Waals surface area contributed by atoms with Gasteiger partial charge in [0.2, 0.25) is 0 Å². The van der Waals surface area contributed by atoms with Gasteiger partial charge in [0.25, 0.3) is 0 Å². The fraction of sp³-hybridized carbons (Fsp3) is 0.0500. The van der Waals surface area contributed by atoms with Crippen LogP contribution in [0.5, 0.6) is 23.0 Å². The molecule has 32 heavy (non-hydrogen) atoms. The van der Waals surface area contributed by atoms with Gasteiger partial charge in [-0.1, -0.05) is 22.0 Å². The summed E-state index contributed by atoms with van der Waals surface area (Å²) < 4.78 is 76.3. The highest BCUT2D eigenvalue weighted by molar-refractivity contribution is 9.10. The summed E-state index contributed by atoms with van der Waals surface area (Å²) in [5.41, 5.74) is -1.64. The normalized spacial score (nSPS) is 18.4. The van der Waals surface area contributed by atoms with Crippen molar-refractivity contribution >= 4 is 32.3 Å². The minimum atomic E-state index is -5.06. The van der Waals surface area contributed by atoms with E-state index >= 15 is 0 Å². The van der Waals surface area contributed by atoms with Gasteiger partial charge in [-0.3, -0.25) is 4.55 Å². The van der Waals surface area contributed by atoms with Crippen molar-refractivity contribution in [2.45, 2.75) is 5.60 Å². The predicted octanol–water partition coefficient (Wildman–Crippen LogP) is 4.18. The van der Waals surface area contributed by atoms with E-state index in [4.69, 9.17) is 14.0 Å². The van der Waals surface area contributed by atoms with Gasteiger partial charge in [0, 0.05) is 22.2 Å². The maximum Gasteiger partial charge on any atom is 0.446 e. The zero-order valence-corrected chi connectivity index (χ0v) is 17.8. The molecule has 2 heterocycles. The van der Waals surface area contributed by atoms with E-state index in [9.17, 15) is 27.1 Å². The predicted molar refractivity (Wildman–Crippen MR) is 106 cm³/mol. The van der Waals surface area contributed by atoms with E-state index in [2.05, 4.69) is 20.1 Å². The molecule has 1 atom stereocenters. The summed E-state index contributed by atoms with van der Waals surface area (Å²) in [4.78, 5) is 12.7. The molecule has 0 aliphatic carbocycles. The maximum absolute atomic E-state index is 14.8. The van der Waals surface area contributed by atoms with Crippen LogP contribution in [0.25, 0.3) is 0 Å². The molecule has 2 N–H and O–H groups in total. The number of hydrogen-bond acceptors (Lipinski definition) is 7.